The van der Waals surface area contributed by atoms with E-state index in [1.54, 1.807) is 0 Å². The summed E-state index contributed by atoms with van der Waals surface area (Å²) in [4.78, 5) is 10.8. The van der Waals surface area contributed by atoms with Gasteiger partial charge in [-0.05, 0) is 12.4 Å². The summed E-state index contributed by atoms with van der Waals surface area (Å²) in [6, 6.07) is 0. The predicted octanol–water partition coefficient (Wildman–Crippen LogP) is 0.256. The topological polar surface area (TPSA) is 57.5 Å². The maximum Gasteiger partial charge on any atom is 0.489 e. The highest BCUT2D eigenvalue weighted by atomic mass is 16.4. The second kappa shape index (κ2) is 4.69. The van der Waals surface area contributed by atoms with Crippen molar-refractivity contribution in [2.24, 2.45) is 0 Å². The van der Waals surface area contributed by atoms with Crippen molar-refractivity contribution >= 4 is 12.9 Å². The summed E-state index contributed by atoms with van der Waals surface area (Å²) in [6.45, 7) is 8.09. The van der Waals surface area contributed by atoms with Crippen LogP contribution in [0.2, 0.25) is 0 Å². The molecule has 0 fully saturated rings. The van der Waals surface area contributed by atoms with Gasteiger partial charge in [-0.25, -0.2) is 0 Å². The molecule has 0 radical (unpaired) electrons. The molecule has 0 aromatic rings. The second-order valence-electron chi connectivity index (χ2n) is 2.27. The van der Waals surface area contributed by atoms with E-state index in [2.05, 4.69) is 13.2 Å². The molecule has 0 aromatic heterocycles. The summed E-state index contributed by atoms with van der Waals surface area (Å²) in [5.74, 6) is -0.295. The average Bonchev–Trinajstić information content (AvgIpc) is 1.98. The molecule has 0 aliphatic rings. The van der Waals surface area contributed by atoms with Crippen LogP contribution in [-0.2, 0) is 4.79 Å². The maximum absolute atomic E-state index is 10.8. The molecule has 0 aliphatic heterocycles. The molecule has 3 nitrogen and oxygen atoms in total. The van der Waals surface area contributed by atoms with E-state index >= 15 is 0 Å². The Kier molecular flexibility index (Phi) is 4.25. The van der Waals surface area contributed by atoms with Crippen LogP contribution in [0.1, 0.15) is 6.92 Å². The molecular formula is C8H11BO3. The van der Waals surface area contributed by atoms with E-state index in [0.717, 1.165) is 0 Å². The number of allylic oxidation sites excluding steroid dienone is 4. The van der Waals surface area contributed by atoms with Crippen LogP contribution in [0, 0.1) is 0 Å². The number of carbonyl (C=O) groups is 1. The molecule has 0 saturated carbocycles. The fourth-order valence-electron chi connectivity index (χ4n) is 0.673. The maximum atomic E-state index is 10.8. The van der Waals surface area contributed by atoms with Crippen LogP contribution in [0.15, 0.2) is 36.4 Å². The Morgan fingerprint density at radius 3 is 2.25 bits per heavy atom. The summed E-state index contributed by atoms with van der Waals surface area (Å²) in [6.07, 6.45) is 2.71. The molecule has 0 saturated heterocycles. The Morgan fingerprint density at radius 2 is 2.00 bits per heavy atom. The van der Waals surface area contributed by atoms with Crippen LogP contribution in [0.25, 0.3) is 0 Å². The van der Waals surface area contributed by atoms with Gasteiger partial charge in [0.1, 0.15) is 0 Å². The van der Waals surface area contributed by atoms with E-state index in [1.807, 2.05) is 0 Å². The molecule has 0 heterocycles. The van der Waals surface area contributed by atoms with Crippen LogP contribution in [-0.4, -0.2) is 22.9 Å². The molecule has 0 unspecified atom stereocenters. The van der Waals surface area contributed by atoms with Gasteiger partial charge in [-0.2, -0.15) is 0 Å². The van der Waals surface area contributed by atoms with Crippen molar-refractivity contribution in [1.29, 1.82) is 0 Å². The number of hydrogen-bond acceptors (Lipinski definition) is 3. The summed E-state index contributed by atoms with van der Waals surface area (Å²) < 4.78 is 0. The van der Waals surface area contributed by atoms with Crippen molar-refractivity contribution < 1.29 is 14.8 Å². The quantitative estimate of drug-likeness (QED) is 0.357. The third kappa shape index (κ3) is 2.86. The smallest absolute Gasteiger partial charge is 0.423 e. The number of Topliss-reactive ketones (excluding diaryl/α,β-unsaturated/α-hetero) is 1. The first-order valence-electron chi connectivity index (χ1n) is 3.39. The van der Waals surface area contributed by atoms with E-state index in [-0.39, 0.29) is 16.8 Å². The molecular weight excluding hydrogens is 155 g/mol. The lowest BCUT2D eigenvalue weighted by Gasteiger charge is -2.04. The highest BCUT2D eigenvalue weighted by molar-refractivity contribution is 6.53. The Morgan fingerprint density at radius 1 is 1.50 bits per heavy atom. The van der Waals surface area contributed by atoms with Crippen LogP contribution >= 0.6 is 0 Å². The van der Waals surface area contributed by atoms with Gasteiger partial charge in [0.2, 0.25) is 0 Å². The van der Waals surface area contributed by atoms with Crippen LogP contribution in [0.3, 0.4) is 0 Å². The molecule has 0 spiro atoms. The SMILES string of the molecule is C=C/C=C(/B(O)O)C(=C)C(C)=O. The summed E-state index contributed by atoms with van der Waals surface area (Å²) in [7, 11) is -1.68. The summed E-state index contributed by atoms with van der Waals surface area (Å²) in [5, 5.41) is 17.6. The van der Waals surface area contributed by atoms with E-state index in [9.17, 15) is 4.79 Å². The van der Waals surface area contributed by atoms with Crippen LogP contribution in [0.4, 0.5) is 0 Å². The van der Waals surface area contributed by atoms with Gasteiger partial charge in [0.05, 0.1) is 0 Å². The second-order valence-corrected chi connectivity index (χ2v) is 2.27. The van der Waals surface area contributed by atoms with E-state index in [4.69, 9.17) is 10.0 Å². The molecule has 12 heavy (non-hydrogen) atoms. The number of hydrogen-bond donors (Lipinski definition) is 2. The van der Waals surface area contributed by atoms with Gasteiger partial charge < -0.3 is 10.0 Å². The molecule has 0 aliphatic carbocycles. The van der Waals surface area contributed by atoms with Crippen molar-refractivity contribution in [2.45, 2.75) is 6.92 Å². The first-order valence-corrected chi connectivity index (χ1v) is 3.39. The Balaban J connectivity index is 4.76. The zero-order valence-corrected chi connectivity index (χ0v) is 6.95. The van der Waals surface area contributed by atoms with Crippen molar-refractivity contribution in [3.05, 3.63) is 36.4 Å². The molecule has 0 bridgehead atoms. The molecule has 0 rings (SSSR count). The number of ketones is 1. The van der Waals surface area contributed by atoms with Crippen LogP contribution < -0.4 is 0 Å². The monoisotopic (exact) mass is 166 g/mol. The Bertz CT molecular complexity index is 241. The third-order valence-electron chi connectivity index (χ3n) is 1.35. The Labute approximate surface area is 71.9 Å². The van der Waals surface area contributed by atoms with Gasteiger partial charge in [-0.1, -0.05) is 25.3 Å². The third-order valence-corrected chi connectivity index (χ3v) is 1.35. The predicted molar refractivity (Wildman–Crippen MR) is 48.3 cm³/mol. The molecule has 4 heteroatoms. The molecule has 2 N–H and O–H groups in total. The van der Waals surface area contributed by atoms with Crippen molar-refractivity contribution in [3.63, 3.8) is 0 Å². The van der Waals surface area contributed by atoms with E-state index in [1.165, 1.54) is 19.1 Å². The minimum Gasteiger partial charge on any atom is -0.423 e. The number of carbonyl (C=O) groups excluding carboxylic acids is 1. The lowest BCUT2D eigenvalue weighted by Crippen LogP contribution is -2.19. The largest absolute Gasteiger partial charge is 0.489 e. The van der Waals surface area contributed by atoms with Gasteiger partial charge in [0.25, 0.3) is 0 Å². The fraction of sp³-hybridized carbons (Fsp3) is 0.125. The minimum absolute atomic E-state index is 0.0810. The minimum atomic E-state index is -1.68. The summed E-state index contributed by atoms with van der Waals surface area (Å²) in [5.41, 5.74) is 0.169. The highest BCUT2D eigenvalue weighted by Crippen LogP contribution is 2.09. The van der Waals surface area contributed by atoms with Gasteiger partial charge in [-0.3, -0.25) is 4.79 Å². The van der Waals surface area contributed by atoms with Crippen molar-refractivity contribution in [3.8, 4) is 0 Å². The van der Waals surface area contributed by atoms with Crippen LogP contribution in [0.5, 0.6) is 0 Å². The number of rotatable bonds is 4. The lowest BCUT2D eigenvalue weighted by atomic mass is 9.74. The van der Waals surface area contributed by atoms with Gasteiger partial charge in [0.15, 0.2) is 5.78 Å². The Hall–Kier alpha value is -1.13. The van der Waals surface area contributed by atoms with Crippen molar-refractivity contribution in [1.82, 2.24) is 0 Å². The lowest BCUT2D eigenvalue weighted by molar-refractivity contribution is -0.113. The first-order chi connectivity index (χ1) is 5.50. The molecule has 0 aromatic carbocycles. The van der Waals surface area contributed by atoms with Gasteiger partial charge in [0, 0.05) is 5.57 Å². The van der Waals surface area contributed by atoms with Crippen molar-refractivity contribution in [2.75, 3.05) is 0 Å². The van der Waals surface area contributed by atoms with E-state index in [0.29, 0.717) is 0 Å². The zero-order chi connectivity index (χ0) is 9.72. The van der Waals surface area contributed by atoms with Gasteiger partial charge in [-0.15, -0.1) is 0 Å². The normalized spacial score (nSPS) is 10.8. The molecule has 0 amide bonds. The average molecular weight is 166 g/mol. The summed E-state index contributed by atoms with van der Waals surface area (Å²) >= 11 is 0. The van der Waals surface area contributed by atoms with Gasteiger partial charge >= 0.3 is 7.12 Å². The van der Waals surface area contributed by atoms with E-state index < -0.39 is 7.12 Å². The molecule has 0 atom stereocenters. The zero-order valence-electron chi connectivity index (χ0n) is 6.95. The standard InChI is InChI=1S/C8H11BO3/c1-4-5-8(9(11)12)6(2)7(3)10/h4-5,11-12H,1-2H2,3H3/b8-5+. The fourth-order valence-corrected chi connectivity index (χ4v) is 0.673. The molecule has 64 valence electrons. The highest BCUT2D eigenvalue weighted by Gasteiger charge is 2.19. The first kappa shape index (κ1) is 10.9.